The number of pyridine rings is 1. The third kappa shape index (κ3) is 5.66. The maximum atomic E-state index is 11.1. The van der Waals surface area contributed by atoms with E-state index < -0.39 is 11.9 Å². The Labute approximate surface area is 200 Å². The molecule has 0 saturated carbocycles. The molecule has 0 amide bonds. The zero-order valence-electron chi connectivity index (χ0n) is 18.8. The van der Waals surface area contributed by atoms with Crippen LogP contribution in [-0.4, -0.2) is 46.1 Å². The van der Waals surface area contributed by atoms with E-state index in [2.05, 4.69) is 25.6 Å². The first-order chi connectivity index (χ1) is 16.8. The van der Waals surface area contributed by atoms with Gasteiger partial charge in [0, 0.05) is 31.2 Å². The van der Waals surface area contributed by atoms with Crippen molar-refractivity contribution >= 4 is 40.9 Å². The van der Waals surface area contributed by atoms with E-state index in [1.165, 1.54) is 24.3 Å². The van der Waals surface area contributed by atoms with Crippen molar-refractivity contribution in [1.82, 2.24) is 15.0 Å². The summed E-state index contributed by atoms with van der Waals surface area (Å²) in [5.41, 5.74) is 2.36. The van der Waals surface area contributed by atoms with Gasteiger partial charge < -0.3 is 30.5 Å². The molecule has 35 heavy (non-hydrogen) atoms. The average molecular weight is 471 g/mol. The normalized spacial score (nSPS) is 10.5. The molecule has 11 heteroatoms. The molecule has 3 N–H and O–H groups in total. The molecule has 0 saturated heterocycles. The number of carboxylic acid groups (broad SMARTS) is 2. The Kier molecular flexibility index (Phi) is 6.49. The molecule has 2 aromatic carbocycles. The van der Waals surface area contributed by atoms with Crippen LogP contribution >= 0.6 is 0 Å². The predicted molar refractivity (Wildman–Crippen MR) is 126 cm³/mol. The first-order valence-electron chi connectivity index (χ1n) is 10.4. The number of hydrogen-bond donors (Lipinski definition) is 3. The fraction of sp³-hybridized carbons (Fsp3) is 0.0833. The zero-order chi connectivity index (χ0) is 24.9. The quantitative estimate of drug-likeness (QED) is 0.325. The SMILES string of the molecule is CN(C)c1cc[n+](-c2nc(Nc3ccc(C(=O)[O-])cc3)nc(Nc3ccc(C(=O)O)cc3)n2)cc1. The van der Waals surface area contributed by atoms with Crippen LogP contribution in [-0.2, 0) is 0 Å². The lowest BCUT2D eigenvalue weighted by Crippen LogP contribution is -2.33. The first kappa shape index (κ1) is 23.1. The molecule has 0 spiro atoms. The van der Waals surface area contributed by atoms with Gasteiger partial charge in [-0.2, -0.15) is 0 Å². The van der Waals surface area contributed by atoms with Gasteiger partial charge in [-0.25, -0.2) is 9.36 Å². The maximum absolute atomic E-state index is 11.1. The van der Waals surface area contributed by atoms with Crippen LogP contribution < -0.4 is 25.2 Å². The summed E-state index contributed by atoms with van der Waals surface area (Å²) in [6.07, 6.45) is 3.63. The molecule has 0 fully saturated rings. The summed E-state index contributed by atoms with van der Waals surface area (Å²) in [5.74, 6) is -1.53. The highest BCUT2D eigenvalue weighted by atomic mass is 16.4. The van der Waals surface area contributed by atoms with E-state index in [4.69, 9.17) is 5.11 Å². The minimum Gasteiger partial charge on any atom is -0.545 e. The number of carbonyl (C=O) groups is 2. The number of aromatic nitrogens is 4. The van der Waals surface area contributed by atoms with Gasteiger partial charge in [0.1, 0.15) is 0 Å². The van der Waals surface area contributed by atoms with Crippen LogP contribution in [0.3, 0.4) is 0 Å². The van der Waals surface area contributed by atoms with Gasteiger partial charge in [-0.3, -0.25) is 0 Å². The number of benzene rings is 2. The monoisotopic (exact) mass is 471 g/mol. The molecule has 0 bridgehead atoms. The van der Waals surface area contributed by atoms with Crippen LogP contribution in [0.2, 0.25) is 0 Å². The fourth-order valence-electron chi connectivity index (χ4n) is 3.09. The number of carbonyl (C=O) groups excluding carboxylic acids is 1. The fourth-order valence-corrected chi connectivity index (χ4v) is 3.09. The van der Waals surface area contributed by atoms with Crippen molar-refractivity contribution in [2.24, 2.45) is 0 Å². The van der Waals surface area contributed by atoms with Crippen LogP contribution in [0, 0.1) is 0 Å². The van der Waals surface area contributed by atoms with Crippen LogP contribution in [0.4, 0.5) is 29.0 Å². The van der Waals surface area contributed by atoms with Gasteiger partial charge in [0.2, 0.25) is 0 Å². The molecule has 11 nitrogen and oxygen atoms in total. The summed E-state index contributed by atoms with van der Waals surface area (Å²) in [4.78, 5) is 37.4. The van der Waals surface area contributed by atoms with E-state index in [1.54, 1.807) is 28.8 Å². The van der Waals surface area contributed by atoms with Gasteiger partial charge in [-0.1, -0.05) is 12.1 Å². The predicted octanol–water partition coefficient (Wildman–Crippen LogP) is 1.76. The van der Waals surface area contributed by atoms with E-state index in [0.717, 1.165) is 5.69 Å². The number of carboxylic acids is 2. The number of aromatic carboxylic acids is 2. The lowest BCUT2D eigenvalue weighted by molar-refractivity contribution is -0.603. The average Bonchev–Trinajstić information content (AvgIpc) is 2.84. The van der Waals surface area contributed by atoms with Crippen LogP contribution in [0.25, 0.3) is 5.95 Å². The van der Waals surface area contributed by atoms with Crippen molar-refractivity contribution in [2.45, 2.75) is 0 Å². The highest BCUT2D eigenvalue weighted by Gasteiger charge is 2.19. The maximum Gasteiger partial charge on any atom is 0.444 e. The molecule has 4 aromatic rings. The Morgan fingerprint density at radius 2 is 1.29 bits per heavy atom. The zero-order valence-corrected chi connectivity index (χ0v) is 18.8. The molecule has 176 valence electrons. The van der Waals surface area contributed by atoms with E-state index in [9.17, 15) is 14.7 Å². The molecule has 0 radical (unpaired) electrons. The summed E-state index contributed by atoms with van der Waals surface area (Å²) in [7, 11) is 3.88. The molecule has 0 atom stereocenters. The first-order valence-corrected chi connectivity index (χ1v) is 10.4. The molecule has 0 aliphatic rings. The number of rotatable bonds is 8. The van der Waals surface area contributed by atoms with Crippen molar-refractivity contribution in [3.63, 3.8) is 0 Å². The minimum atomic E-state index is -1.27. The lowest BCUT2D eigenvalue weighted by Gasteiger charge is -2.11. The number of anilines is 5. The van der Waals surface area contributed by atoms with Crippen LogP contribution in [0.15, 0.2) is 73.1 Å². The second kappa shape index (κ2) is 9.83. The Balaban J connectivity index is 1.68. The Morgan fingerprint density at radius 1 is 0.800 bits per heavy atom. The van der Waals surface area contributed by atoms with Crippen molar-refractivity contribution in [1.29, 1.82) is 0 Å². The second-order valence-electron chi connectivity index (χ2n) is 7.64. The summed E-state index contributed by atoms with van der Waals surface area (Å²) in [6, 6.07) is 16.0. The van der Waals surface area contributed by atoms with Gasteiger partial charge >= 0.3 is 23.8 Å². The molecule has 2 aromatic heterocycles. The Morgan fingerprint density at radius 3 is 1.71 bits per heavy atom. The van der Waals surface area contributed by atoms with Crippen molar-refractivity contribution in [3.8, 4) is 5.95 Å². The highest BCUT2D eigenvalue weighted by Crippen LogP contribution is 2.19. The topological polar surface area (TPSA) is 147 Å². The number of nitrogens with zero attached hydrogens (tertiary/aromatic N) is 5. The third-order valence-corrected chi connectivity index (χ3v) is 4.95. The smallest absolute Gasteiger partial charge is 0.444 e. The standard InChI is InChI=1S/C24H21N7O4/c1-30(2)19-11-13-31(14-12-19)24-28-22(25-17-7-3-15(4-8-17)20(32)33)27-23(29-24)26-18-9-5-16(6-10-18)21(34)35/h3-14H,1-2H3,(H3-,25,26,27,28,29,32,33,34,35). The summed E-state index contributed by atoms with van der Waals surface area (Å²) < 4.78 is 1.72. The van der Waals surface area contributed by atoms with E-state index in [0.29, 0.717) is 17.3 Å². The molecule has 2 heterocycles. The van der Waals surface area contributed by atoms with Crippen LogP contribution in [0.5, 0.6) is 0 Å². The Hall–Kier alpha value is -5.06. The highest BCUT2D eigenvalue weighted by molar-refractivity contribution is 5.88. The molecule has 4 rings (SSSR count). The molecule has 0 aliphatic heterocycles. The second-order valence-corrected chi connectivity index (χ2v) is 7.64. The Bertz CT molecular complexity index is 1280. The van der Waals surface area contributed by atoms with Gasteiger partial charge in [0.05, 0.1) is 23.9 Å². The van der Waals surface area contributed by atoms with E-state index in [-0.39, 0.29) is 23.0 Å². The summed E-state index contributed by atoms with van der Waals surface area (Å²) in [6.45, 7) is 0. The van der Waals surface area contributed by atoms with Gasteiger partial charge in [-0.15, -0.1) is 4.98 Å². The summed E-state index contributed by atoms with van der Waals surface area (Å²) >= 11 is 0. The van der Waals surface area contributed by atoms with Crippen molar-refractivity contribution in [2.75, 3.05) is 29.6 Å². The van der Waals surface area contributed by atoms with Gasteiger partial charge in [0.25, 0.3) is 0 Å². The molecule has 0 aliphatic carbocycles. The van der Waals surface area contributed by atoms with E-state index >= 15 is 0 Å². The van der Waals surface area contributed by atoms with Gasteiger partial charge in [-0.05, 0) is 64.1 Å². The summed E-state index contributed by atoms with van der Waals surface area (Å²) in [5, 5.41) is 26.2. The number of hydrogen-bond acceptors (Lipinski definition) is 9. The largest absolute Gasteiger partial charge is 0.545 e. The lowest BCUT2D eigenvalue weighted by atomic mass is 10.2. The van der Waals surface area contributed by atoms with Crippen molar-refractivity contribution < 1.29 is 24.4 Å². The molecular formula is C24H21N7O4. The number of nitrogens with one attached hydrogen (secondary N) is 2. The van der Waals surface area contributed by atoms with Gasteiger partial charge in [0.15, 0.2) is 0 Å². The molecule has 0 unspecified atom stereocenters. The third-order valence-electron chi connectivity index (χ3n) is 4.95. The van der Waals surface area contributed by atoms with Crippen molar-refractivity contribution in [3.05, 3.63) is 84.2 Å². The molecular weight excluding hydrogens is 450 g/mol. The van der Waals surface area contributed by atoms with Crippen LogP contribution in [0.1, 0.15) is 20.7 Å². The minimum absolute atomic E-state index is 0.0515. The van der Waals surface area contributed by atoms with E-state index in [1.807, 2.05) is 43.5 Å².